The highest BCUT2D eigenvalue weighted by molar-refractivity contribution is 5.99. The molecule has 39 heavy (non-hydrogen) atoms. The van der Waals surface area contributed by atoms with Gasteiger partial charge < -0.3 is 24.8 Å². The number of aromatic nitrogens is 4. The Morgan fingerprint density at radius 1 is 0.949 bits per heavy atom. The van der Waals surface area contributed by atoms with E-state index in [1.807, 2.05) is 67.3 Å². The number of carbonyl (C=O) groups excluding carboxylic acids is 2. The Morgan fingerprint density at radius 2 is 1.77 bits per heavy atom. The van der Waals surface area contributed by atoms with Crippen LogP contribution in [0.5, 0.6) is 0 Å². The molecule has 2 N–H and O–H groups in total. The number of piperazine rings is 1. The SMILES string of the molecule is CC.O=C(c1cc2cc(Nc3nccc(-c4ccccn4)n3)ccc2[nH]1)N1CCN(C(=O)C2CCCO2)CC1. The van der Waals surface area contributed by atoms with E-state index in [9.17, 15) is 9.59 Å². The topological polar surface area (TPSA) is 116 Å². The van der Waals surface area contributed by atoms with Crippen LogP contribution in [0.15, 0.2) is 60.9 Å². The maximum atomic E-state index is 13.2. The molecule has 10 heteroatoms. The number of pyridine rings is 1. The normalized spacial score (nSPS) is 17.0. The molecule has 0 bridgehead atoms. The lowest BCUT2D eigenvalue weighted by Gasteiger charge is -2.35. The fourth-order valence-electron chi connectivity index (χ4n) is 4.81. The summed E-state index contributed by atoms with van der Waals surface area (Å²) in [7, 11) is 0. The number of hydrogen-bond acceptors (Lipinski definition) is 7. The summed E-state index contributed by atoms with van der Waals surface area (Å²) in [6.07, 6.45) is 4.82. The molecular weight excluding hydrogens is 494 g/mol. The summed E-state index contributed by atoms with van der Waals surface area (Å²) in [4.78, 5) is 45.8. The van der Waals surface area contributed by atoms with E-state index in [2.05, 4.69) is 25.3 Å². The Kier molecular flexibility index (Phi) is 8.12. The van der Waals surface area contributed by atoms with Gasteiger partial charge in [0.1, 0.15) is 11.8 Å². The first-order chi connectivity index (χ1) is 19.1. The minimum Gasteiger partial charge on any atom is -0.368 e. The highest BCUT2D eigenvalue weighted by atomic mass is 16.5. The van der Waals surface area contributed by atoms with E-state index in [0.717, 1.165) is 40.8 Å². The Labute approximate surface area is 227 Å². The molecule has 0 saturated carbocycles. The number of ether oxygens (including phenoxy) is 1. The van der Waals surface area contributed by atoms with Crippen molar-refractivity contribution in [2.75, 3.05) is 38.1 Å². The zero-order chi connectivity index (χ0) is 27.2. The van der Waals surface area contributed by atoms with Crippen molar-refractivity contribution >= 4 is 34.4 Å². The molecule has 0 aliphatic carbocycles. The number of nitrogens with one attached hydrogen (secondary N) is 2. The van der Waals surface area contributed by atoms with Crippen LogP contribution in [-0.2, 0) is 9.53 Å². The van der Waals surface area contributed by atoms with Crippen molar-refractivity contribution in [2.24, 2.45) is 0 Å². The third kappa shape index (κ3) is 5.91. The van der Waals surface area contributed by atoms with E-state index >= 15 is 0 Å². The van der Waals surface area contributed by atoms with Crippen molar-refractivity contribution in [3.8, 4) is 11.4 Å². The highest BCUT2D eigenvalue weighted by Gasteiger charge is 2.31. The van der Waals surface area contributed by atoms with Crippen LogP contribution in [0.1, 0.15) is 37.2 Å². The van der Waals surface area contributed by atoms with Gasteiger partial charge in [-0.1, -0.05) is 19.9 Å². The number of anilines is 2. The summed E-state index contributed by atoms with van der Waals surface area (Å²) < 4.78 is 5.53. The predicted molar refractivity (Wildman–Crippen MR) is 150 cm³/mol. The second kappa shape index (κ2) is 12.0. The molecule has 5 heterocycles. The van der Waals surface area contributed by atoms with Crippen LogP contribution in [0.4, 0.5) is 11.6 Å². The van der Waals surface area contributed by atoms with Crippen molar-refractivity contribution in [1.82, 2.24) is 29.7 Å². The Hall–Kier alpha value is -4.31. The summed E-state index contributed by atoms with van der Waals surface area (Å²) in [5.41, 5.74) is 3.70. The van der Waals surface area contributed by atoms with Crippen molar-refractivity contribution in [3.63, 3.8) is 0 Å². The van der Waals surface area contributed by atoms with Gasteiger partial charge in [0.05, 0.1) is 11.4 Å². The molecule has 2 aliphatic heterocycles. The number of rotatable bonds is 5. The summed E-state index contributed by atoms with van der Waals surface area (Å²) >= 11 is 0. The Morgan fingerprint density at radius 3 is 2.51 bits per heavy atom. The van der Waals surface area contributed by atoms with Crippen LogP contribution in [0.2, 0.25) is 0 Å². The molecule has 2 fully saturated rings. The van der Waals surface area contributed by atoms with Gasteiger partial charge in [0.25, 0.3) is 11.8 Å². The van der Waals surface area contributed by atoms with E-state index in [0.29, 0.717) is 44.4 Å². The number of fused-ring (bicyclic) bond motifs is 1. The average molecular weight is 528 g/mol. The van der Waals surface area contributed by atoms with Gasteiger partial charge in [0.2, 0.25) is 5.95 Å². The zero-order valence-corrected chi connectivity index (χ0v) is 22.3. The van der Waals surface area contributed by atoms with Gasteiger partial charge >= 0.3 is 0 Å². The fraction of sp³-hybridized carbons (Fsp3) is 0.345. The maximum absolute atomic E-state index is 13.2. The molecular formula is C29H33N7O3. The molecule has 1 atom stereocenters. The monoisotopic (exact) mass is 527 g/mol. The van der Waals surface area contributed by atoms with Crippen molar-refractivity contribution in [3.05, 3.63) is 66.6 Å². The molecule has 4 aromatic rings. The van der Waals surface area contributed by atoms with Crippen LogP contribution in [0.25, 0.3) is 22.3 Å². The Balaban J connectivity index is 0.00000151. The van der Waals surface area contributed by atoms with Crippen molar-refractivity contribution < 1.29 is 14.3 Å². The Bertz CT molecular complexity index is 1430. The van der Waals surface area contributed by atoms with Gasteiger partial charge in [-0.2, -0.15) is 0 Å². The number of nitrogens with zero attached hydrogens (tertiary/aromatic N) is 5. The number of benzene rings is 1. The summed E-state index contributed by atoms with van der Waals surface area (Å²) in [6, 6.07) is 15.2. The highest BCUT2D eigenvalue weighted by Crippen LogP contribution is 2.24. The molecule has 6 rings (SSSR count). The van der Waals surface area contributed by atoms with E-state index in [4.69, 9.17) is 4.74 Å². The van der Waals surface area contributed by atoms with Crippen LogP contribution >= 0.6 is 0 Å². The largest absolute Gasteiger partial charge is 0.368 e. The maximum Gasteiger partial charge on any atom is 0.270 e. The fourth-order valence-corrected chi connectivity index (χ4v) is 4.81. The molecule has 202 valence electrons. The number of H-pyrrole nitrogens is 1. The average Bonchev–Trinajstić information content (AvgIpc) is 3.69. The number of aromatic amines is 1. The van der Waals surface area contributed by atoms with Gasteiger partial charge in [-0.15, -0.1) is 0 Å². The van der Waals surface area contributed by atoms with Crippen LogP contribution in [0.3, 0.4) is 0 Å². The second-order valence-corrected chi connectivity index (χ2v) is 9.21. The third-order valence-corrected chi connectivity index (χ3v) is 6.77. The lowest BCUT2D eigenvalue weighted by atomic mass is 10.2. The third-order valence-electron chi connectivity index (χ3n) is 6.77. The number of amides is 2. The molecule has 3 aromatic heterocycles. The first-order valence-corrected chi connectivity index (χ1v) is 13.5. The quantitative estimate of drug-likeness (QED) is 0.398. The van der Waals surface area contributed by atoms with Gasteiger partial charge in [0.15, 0.2) is 0 Å². The smallest absolute Gasteiger partial charge is 0.270 e. The van der Waals surface area contributed by atoms with Crippen LogP contribution < -0.4 is 5.32 Å². The van der Waals surface area contributed by atoms with Crippen molar-refractivity contribution in [2.45, 2.75) is 32.8 Å². The van der Waals surface area contributed by atoms with Crippen LogP contribution in [-0.4, -0.2) is 80.4 Å². The van der Waals surface area contributed by atoms with Gasteiger partial charge in [-0.05, 0) is 55.3 Å². The zero-order valence-electron chi connectivity index (χ0n) is 22.3. The lowest BCUT2D eigenvalue weighted by Crippen LogP contribution is -2.52. The first kappa shape index (κ1) is 26.3. The molecule has 2 amide bonds. The second-order valence-electron chi connectivity index (χ2n) is 9.21. The number of carbonyl (C=O) groups is 2. The predicted octanol–water partition coefficient (Wildman–Crippen LogP) is 4.25. The molecule has 2 saturated heterocycles. The van der Waals surface area contributed by atoms with E-state index in [1.54, 1.807) is 17.3 Å². The summed E-state index contributed by atoms with van der Waals surface area (Å²) in [5, 5.41) is 4.14. The van der Waals surface area contributed by atoms with Gasteiger partial charge in [-0.25, -0.2) is 9.97 Å². The standard InChI is InChI=1S/C27H27N7O3.C2H6/c35-25(33-11-13-34(14-12-33)26(36)24-5-3-15-37-24)23-17-18-16-19(6-7-20(18)31-23)30-27-29-10-8-22(32-27)21-4-1-2-9-28-21;1-2/h1-2,4,6-10,16-17,24,31H,3,5,11-15H2,(H,29,30,32);1-2H3. The number of hydrogen-bond donors (Lipinski definition) is 2. The van der Waals surface area contributed by atoms with Gasteiger partial charge in [0, 0.05) is 61.8 Å². The lowest BCUT2D eigenvalue weighted by molar-refractivity contribution is -0.142. The molecule has 0 radical (unpaired) electrons. The molecule has 1 unspecified atom stereocenters. The minimum absolute atomic E-state index is 0.0461. The summed E-state index contributed by atoms with van der Waals surface area (Å²) in [6.45, 7) is 6.70. The van der Waals surface area contributed by atoms with Crippen molar-refractivity contribution in [1.29, 1.82) is 0 Å². The molecule has 10 nitrogen and oxygen atoms in total. The summed E-state index contributed by atoms with van der Waals surface area (Å²) in [5.74, 6) is 0.441. The molecule has 1 aromatic carbocycles. The molecule has 2 aliphatic rings. The minimum atomic E-state index is -0.318. The van der Waals surface area contributed by atoms with Gasteiger partial charge in [-0.3, -0.25) is 14.6 Å². The van der Waals surface area contributed by atoms with E-state index in [1.165, 1.54) is 0 Å². The van der Waals surface area contributed by atoms with Crippen LogP contribution in [0, 0.1) is 0 Å². The van der Waals surface area contributed by atoms with E-state index < -0.39 is 0 Å². The van der Waals surface area contributed by atoms with E-state index in [-0.39, 0.29) is 17.9 Å². The molecule has 0 spiro atoms. The first-order valence-electron chi connectivity index (χ1n) is 13.5.